The summed E-state index contributed by atoms with van der Waals surface area (Å²) in [6.07, 6.45) is 5.01. The van der Waals surface area contributed by atoms with Crippen molar-refractivity contribution in [2.75, 3.05) is 9.91 Å². The van der Waals surface area contributed by atoms with Gasteiger partial charge in [0.05, 0.1) is 11.3 Å². The number of carboxylic acid groups (broad SMARTS) is 1. The van der Waals surface area contributed by atoms with Crippen LogP contribution in [0.1, 0.15) is 5.56 Å². The Morgan fingerprint density at radius 3 is 1.47 bits per heavy atom. The number of carboxylic acids is 1. The van der Waals surface area contributed by atoms with Crippen molar-refractivity contribution in [2.24, 2.45) is 5.10 Å². The predicted molar refractivity (Wildman–Crippen MR) is 198 cm³/mol. The maximum absolute atomic E-state index is 13.1. The van der Waals surface area contributed by atoms with Crippen molar-refractivity contribution >= 4 is 46.4 Å². The molecule has 0 saturated heterocycles. The molecule has 6 aromatic carbocycles. The lowest BCUT2D eigenvalue weighted by molar-refractivity contribution is -0.129. The number of anilines is 4. The maximum Gasteiger partial charge on any atom is 0.357 e. The van der Waals surface area contributed by atoms with Gasteiger partial charge in [0.15, 0.2) is 5.71 Å². The zero-order valence-corrected chi connectivity index (χ0v) is 26.4. The summed E-state index contributed by atoms with van der Waals surface area (Å²) < 4.78 is 0. The number of para-hydroxylation sites is 1. The van der Waals surface area contributed by atoms with Crippen molar-refractivity contribution in [3.63, 3.8) is 0 Å². The van der Waals surface area contributed by atoms with Crippen LogP contribution in [0.4, 0.5) is 22.7 Å². The number of hydrazone groups is 1. The summed E-state index contributed by atoms with van der Waals surface area (Å²) in [5.74, 6) is -1.75. The Balaban J connectivity index is 1.17. The van der Waals surface area contributed by atoms with Gasteiger partial charge in [-0.1, -0.05) is 127 Å². The van der Waals surface area contributed by atoms with Crippen LogP contribution in [-0.2, 0) is 9.59 Å². The highest BCUT2D eigenvalue weighted by atomic mass is 16.4. The van der Waals surface area contributed by atoms with E-state index in [0.717, 1.165) is 49.9 Å². The summed E-state index contributed by atoms with van der Waals surface area (Å²) in [5, 5.41) is 14.9. The van der Waals surface area contributed by atoms with Gasteiger partial charge in [0.25, 0.3) is 5.91 Å². The van der Waals surface area contributed by atoms with Crippen molar-refractivity contribution in [3.05, 3.63) is 187 Å². The molecule has 1 N–H and O–H groups in total. The van der Waals surface area contributed by atoms with Crippen LogP contribution in [0.2, 0.25) is 0 Å². The normalized spacial score (nSPS) is 13.6. The molecule has 0 saturated carbocycles. The van der Waals surface area contributed by atoms with Gasteiger partial charge in [-0.3, -0.25) is 4.79 Å². The third-order valence-electron chi connectivity index (χ3n) is 8.25. The first-order valence-electron chi connectivity index (χ1n) is 15.9. The van der Waals surface area contributed by atoms with Crippen LogP contribution in [0.25, 0.3) is 28.3 Å². The lowest BCUT2D eigenvalue weighted by Crippen LogP contribution is -2.22. The number of aliphatic carboxylic acids is 1. The minimum atomic E-state index is -1.26. The molecule has 0 aromatic heterocycles. The highest BCUT2D eigenvalue weighted by Gasteiger charge is 2.34. The van der Waals surface area contributed by atoms with Gasteiger partial charge in [-0.05, 0) is 82.4 Å². The fourth-order valence-corrected chi connectivity index (χ4v) is 5.77. The summed E-state index contributed by atoms with van der Waals surface area (Å²) in [4.78, 5) is 27.2. The Morgan fingerprint density at radius 1 is 0.571 bits per heavy atom. The van der Waals surface area contributed by atoms with Crippen LogP contribution in [0.5, 0.6) is 0 Å². The summed E-state index contributed by atoms with van der Waals surface area (Å²) in [6.45, 7) is 0. The van der Waals surface area contributed by atoms with Gasteiger partial charge in [-0.2, -0.15) is 10.1 Å². The first kappa shape index (κ1) is 30.8. The summed E-state index contributed by atoms with van der Waals surface area (Å²) in [7, 11) is 0. The topological polar surface area (TPSA) is 73.2 Å². The van der Waals surface area contributed by atoms with Gasteiger partial charge in [-0.25, -0.2) is 4.79 Å². The smallest absolute Gasteiger partial charge is 0.357 e. The molecular weight excluding hydrogens is 606 g/mol. The van der Waals surface area contributed by atoms with Crippen LogP contribution in [0.15, 0.2) is 187 Å². The fraction of sp³-hybridized carbons (Fsp3) is 0. The second-order valence-electron chi connectivity index (χ2n) is 11.4. The van der Waals surface area contributed by atoms with Gasteiger partial charge in [0, 0.05) is 17.1 Å². The van der Waals surface area contributed by atoms with E-state index in [-0.39, 0.29) is 11.3 Å². The number of hydrogen-bond acceptors (Lipinski definition) is 4. The van der Waals surface area contributed by atoms with E-state index in [2.05, 4.69) is 82.8 Å². The zero-order valence-electron chi connectivity index (χ0n) is 26.4. The lowest BCUT2D eigenvalue weighted by atomic mass is 10.0. The number of carbonyl (C=O) groups excluding carboxylic acids is 1. The zero-order chi connectivity index (χ0) is 33.6. The lowest BCUT2D eigenvalue weighted by Gasteiger charge is -2.26. The van der Waals surface area contributed by atoms with Crippen LogP contribution in [0.3, 0.4) is 0 Å². The molecule has 6 nitrogen and oxygen atoms in total. The third-order valence-corrected chi connectivity index (χ3v) is 8.25. The second kappa shape index (κ2) is 13.9. The van der Waals surface area contributed by atoms with Gasteiger partial charge < -0.3 is 10.0 Å². The Labute approximate surface area is 284 Å². The molecule has 0 radical (unpaired) electrons. The average Bonchev–Trinajstić information content (AvgIpc) is 3.50. The monoisotopic (exact) mass is 637 g/mol. The minimum Gasteiger partial charge on any atom is -0.476 e. The van der Waals surface area contributed by atoms with E-state index in [1.165, 1.54) is 6.08 Å². The number of rotatable bonds is 9. The van der Waals surface area contributed by atoms with E-state index in [9.17, 15) is 14.7 Å². The Bertz CT molecular complexity index is 2090. The summed E-state index contributed by atoms with van der Waals surface area (Å²) in [6, 6.07) is 54.5. The Kier molecular flexibility index (Phi) is 8.76. The molecule has 49 heavy (non-hydrogen) atoms. The largest absolute Gasteiger partial charge is 0.476 e. The number of nitrogens with zero attached hydrogens (tertiary/aromatic N) is 3. The van der Waals surface area contributed by atoms with Crippen LogP contribution < -0.4 is 9.91 Å². The van der Waals surface area contributed by atoms with Crippen LogP contribution in [-0.4, -0.2) is 22.7 Å². The maximum atomic E-state index is 13.1. The van der Waals surface area contributed by atoms with E-state index in [4.69, 9.17) is 0 Å². The van der Waals surface area contributed by atoms with Gasteiger partial charge in [0.1, 0.15) is 0 Å². The van der Waals surface area contributed by atoms with Crippen molar-refractivity contribution in [3.8, 4) is 22.3 Å². The molecular formula is C43H31N3O3. The van der Waals surface area contributed by atoms with Crippen molar-refractivity contribution in [1.82, 2.24) is 0 Å². The first-order chi connectivity index (χ1) is 24.0. The molecule has 6 heteroatoms. The van der Waals surface area contributed by atoms with E-state index in [0.29, 0.717) is 5.69 Å². The van der Waals surface area contributed by atoms with Gasteiger partial charge in [0.2, 0.25) is 0 Å². The van der Waals surface area contributed by atoms with Crippen molar-refractivity contribution < 1.29 is 14.7 Å². The summed E-state index contributed by atoms with van der Waals surface area (Å²) in [5.41, 5.74) is 8.73. The molecule has 0 aliphatic carbocycles. The molecule has 1 amide bonds. The second-order valence-corrected chi connectivity index (χ2v) is 11.4. The highest BCUT2D eigenvalue weighted by Crippen LogP contribution is 2.37. The predicted octanol–water partition coefficient (Wildman–Crippen LogP) is 9.92. The average molecular weight is 638 g/mol. The minimum absolute atomic E-state index is 0.0216. The number of benzene rings is 6. The molecule has 0 unspecified atom stereocenters. The van der Waals surface area contributed by atoms with E-state index < -0.39 is 11.9 Å². The standard InChI is InChI=1S/C43H31N3O3/c47-42-40(41(43(48)49)44-46(42)39-16-8-3-9-17-39)18-10-11-31-19-25-36(26-20-31)45(37-27-21-34(22-28-37)32-12-4-1-5-13-32)38-29-23-35(24-30-38)33-14-6-2-7-15-33/h1-30H,(H,48,49)/b11-10+,40-18-. The van der Waals surface area contributed by atoms with Crippen LogP contribution in [0, 0.1) is 0 Å². The van der Waals surface area contributed by atoms with Crippen molar-refractivity contribution in [1.29, 1.82) is 0 Å². The number of amides is 1. The molecule has 0 spiro atoms. The molecule has 1 aliphatic heterocycles. The number of hydrogen-bond donors (Lipinski definition) is 1. The Morgan fingerprint density at radius 2 is 1.00 bits per heavy atom. The van der Waals surface area contributed by atoms with Gasteiger partial charge >= 0.3 is 5.97 Å². The quantitative estimate of drug-likeness (QED) is 0.160. The molecule has 6 aromatic rings. The molecule has 0 bridgehead atoms. The van der Waals surface area contributed by atoms with E-state index in [1.807, 2.05) is 72.8 Å². The molecule has 0 atom stereocenters. The van der Waals surface area contributed by atoms with Gasteiger partial charge in [-0.15, -0.1) is 0 Å². The summed E-state index contributed by atoms with van der Waals surface area (Å²) >= 11 is 0. The molecule has 0 fully saturated rings. The van der Waals surface area contributed by atoms with E-state index in [1.54, 1.807) is 30.3 Å². The fourth-order valence-electron chi connectivity index (χ4n) is 5.77. The van der Waals surface area contributed by atoms with Crippen molar-refractivity contribution in [2.45, 2.75) is 0 Å². The molecule has 1 heterocycles. The molecule has 1 aliphatic rings. The first-order valence-corrected chi connectivity index (χ1v) is 15.9. The number of allylic oxidation sites excluding steroid dienone is 2. The van der Waals surface area contributed by atoms with E-state index >= 15 is 0 Å². The molecule has 236 valence electrons. The Hall–Kier alpha value is -6.79. The van der Waals surface area contributed by atoms with Crippen LogP contribution >= 0.6 is 0 Å². The third kappa shape index (κ3) is 6.70. The molecule has 7 rings (SSSR count). The SMILES string of the molecule is O=C(O)C1=NN(c2ccccc2)C(=O)/C1=C\C=C\c1ccc(N(c2ccc(-c3ccccc3)cc2)c2ccc(-c3ccccc3)cc2)cc1. The highest BCUT2D eigenvalue weighted by molar-refractivity contribution is 6.52. The number of carbonyl (C=O) groups is 2.